The number of rotatable bonds is 8. The summed E-state index contributed by atoms with van der Waals surface area (Å²) in [4.78, 5) is 12.3. The number of benzene rings is 2. The number of hydrogen-bond donors (Lipinski definition) is 1. The molecule has 6 heteroatoms. The molecule has 0 aromatic heterocycles. The lowest BCUT2D eigenvalue weighted by Crippen LogP contribution is -2.35. The fourth-order valence-corrected chi connectivity index (χ4v) is 2.47. The number of amides is 1. The van der Waals surface area contributed by atoms with Crippen LogP contribution in [0, 0.1) is 0 Å². The van der Waals surface area contributed by atoms with E-state index in [4.69, 9.17) is 25.8 Å². The van der Waals surface area contributed by atoms with Gasteiger partial charge in [0.15, 0.2) is 17.6 Å². The number of hydrogen-bond acceptors (Lipinski definition) is 4. The molecule has 0 fully saturated rings. The summed E-state index contributed by atoms with van der Waals surface area (Å²) in [6, 6.07) is 12.6. The van der Waals surface area contributed by atoms with E-state index >= 15 is 0 Å². The second-order valence-corrected chi connectivity index (χ2v) is 6.47. The minimum Gasteiger partial charge on any atom is -0.493 e. The quantitative estimate of drug-likeness (QED) is 0.748. The lowest BCUT2D eigenvalue weighted by atomic mass is 10.2. The van der Waals surface area contributed by atoms with Crippen LogP contribution in [0.25, 0.3) is 0 Å². The lowest BCUT2D eigenvalue weighted by Gasteiger charge is -2.17. The molecule has 1 amide bonds. The van der Waals surface area contributed by atoms with E-state index in [0.29, 0.717) is 28.8 Å². The van der Waals surface area contributed by atoms with Gasteiger partial charge in [-0.1, -0.05) is 29.8 Å². The Bertz CT molecular complexity index is 748. The van der Waals surface area contributed by atoms with Crippen molar-refractivity contribution in [2.45, 2.75) is 39.5 Å². The summed E-state index contributed by atoms with van der Waals surface area (Å²) in [5, 5.41) is 3.32. The molecular weight excluding hydrogens is 354 g/mol. The van der Waals surface area contributed by atoms with Gasteiger partial charge in [0.25, 0.3) is 5.91 Å². The number of halogens is 1. The number of nitrogens with one attached hydrogen (secondary N) is 1. The van der Waals surface area contributed by atoms with Gasteiger partial charge in [-0.2, -0.15) is 0 Å². The highest BCUT2D eigenvalue weighted by Gasteiger charge is 2.16. The van der Waals surface area contributed by atoms with Crippen LogP contribution in [0.3, 0.4) is 0 Å². The van der Waals surface area contributed by atoms with Crippen molar-refractivity contribution in [3.05, 3.63) is 53.1 Å². The number of carbonyl (C=O) groups excluding carboxylic acids is 1. The lowest BCUT2D eigenvalue weighted by molar-refractivity contribution is -0.127. The molecule has 0 aliphatic carbocycles. The number of carbonyl (C=O) groups is 1. The molecule has 0 saturated carbocycles. The second-order valence-electron chi connectivity index (χ2n) is 6.06. The van der Waals surface area contributed by atoms with E-state index in [1.807, 2.05) is 32.0 Å². The first-order chi connectivity index (χ1) is 12.4. The molecule has 2 aromatic rings. The van der Waals surface area contributed by atoms with Crippen LogP contribution in [0.15, 0.2) is 42.5 Å². The van der Waals surface area contributed by atoms with Gasteiger partial charge >= 0.3 is 0 Å². The highest BCUT2D eigenvalue weighted by Crippen LogP contribution is 2.29. The van der Waals surface area contributed by atoms with Crippen LogP contribution in [-0.4, -0.2) is 25.2 Å². The van der Waals surface area contributed by atoms with E-state index in [0.717, 1.165) is 5.56 Å². The molecule has 26 heavy (non-hydrogen) atoms. The fraction of sp³-hybridized carbons (Fsp3) is 0.350. The third-order valence-corrected chi connectivity index (χ3v) is 3.88. The average Bonchev–Trinajstić information content (AvgIpc) is 2.61. The number of methoxy groups -OCH3 is 1. The van der Waals surface area contributed by atoms with Gasteiger partial charge in [-0.05, 0) is 50.6 Å². The largest absolute Gasteiger partial charge is 0.493 e. The Kier molecular flexibility index (Phi) is 7.16. The normalized spacial score (nSPS) is 11.8. The van der Waals surface area contributed by atoms with Crippen molar-refractivity contribution < 1.29 is 19.0 Å². The maximum Gasteiger partial charge on any atom is 0.261 e. The second kappa shape index (κ2) is 9.34. The molecule has 0 bridgehead atoms. The van der Waals surface area contributed by atoms with Gasteiger partial charge in [0.2, 0.25) is 0 Å². The minimum absolute atomic E-state index is 0.0530. The van der Waals surface area contributed by atoms with Crippen molar-refractivity contribution >= 4 is 17.5 Å². The summed E-state index contributed by atoms with van der Waals surface area (Å²) in [5.74, 6) is 1.55. The maximum absolute atomic E-state index is 12.3. The van der Waals surface area contributed by atoms with Crippen LogP contribution in [0.1, 0.15) is 26.3 Å². The fourth-order valence-electron chi connectivity index (χ4n) is 2.29. The van der Waals surface area contributed by atoms with Gasteiger partial charge in [0, 0.05) is 6.54 Å². The summed E-state index contributed by atoms with van der Waals surface area (Å²) in [5.41, 5.74) is 0.899. The predicted molar refractivity (Wildman–Crippen MR) is 102 cm³/mol. The SMILES string of the molecule is COc1cc(CNC(=O)C(C)Oc2ccccc2Cl)ccc1OC(C)C. The Balaban J connectivity index is 1.95. The minimum atomic E-state index is -0.666. The molecule has 140 valence electrons. The van der Waals surface area contributed by atoms with Gasteiger partial charge < -0.3 is 19.5 Å². The highest BCUT2D eigenvalue weighted by atomic mass is 35.5. The Morgan fingerprint density at radius 3 is 2.42 bits per heavy atom. The molecule has 2 rings (SSSR count). The zero-order valence-electron chi connectivity index (χ0n) is 15.4. The van der Waals surface area contributed by atoms with Crippen LogP contribution in [-0.2, 0) is 11.3 Å². The molecule has 1 atom stereocenters. The van der Waals surface area contributed by atoms with Crippen LogP contribution in [0.5, 0.6) is 17.2 Å². The first-order valence-electron chi connectivity index (χ1n) is 8.43. The summed E-state index contributed by atoms with van der Waals surface area (Å²) >= 11 is 6.05. The first kappa shape index (κ1) is 19.9. The molecule has 1 N–H and O–H groups in total. The van der Waals surface area contributed by atoms with E-state index in [-0.39, 0.29) is 12.0 Å². The maximum atomic E-state index is 12.3. The standard InChI is InChI=1S/C20H24ClNO4/c1-13(2)25-18-10-9-15(11-19(18)24-4)12-22-20(23)14(3)26-17-8-6-5-7-16(17)21/h5-11,13-14H,12H2,1-4H3,(H,22,23). The van der Waals surface area contributed by atoms with Gasteiger partial charge in [0.1, 0.15) is 5.75 Å². The van der Waals surface area contributed by atoms with E-state index in [1.165, 1.54) is 0 Å². The Morgan fingerprint density at radius 2 is 1.77 bits per heavy atom. The Labute approximate surface area is 159 Å². The first-order valence-corrected chi connectivity index (χ1v) is 8.81. The zero-order valence-corrected chi connectivity index (χ0v) is 16.2. The molecule has 5 nitrogen and oxygen atoms in total. The van der Waals surface area contributed by atoms with E-state index in [1.54, 1.807) is 38.3 Å². The van der Waals surface area contributed by atoms with Crippen molar-refractivity contribution in [2.75, 3.05) is 7.11 Å². The van der Waals surface area contributed by atoms with Crippen molar-refractivity contribution in [1.82, 2.24) is 5.32 Å². The van der Waals surface area contributed by atoms with Crippen molar-refractivity contribution in [3.63, 3.8) is 0 Å². The van der Waals surface area contributed by atoms with Crippen molar-refractivity contribution in [3.8, 4) is 17.2 Å². The highest BCUT2D eigenvalue weighted by molar-refractivity contribution is 6.32. The Hall–Kier alpha value is -2.40. The summed E-state index contributed by atoms with van der Waals surface area (Å²) in [7, 11) is 1.59. The zero-order chi connectivity index (χ0) is 19.1. The van der Waals surface area contributed by atoms with Crippen LogP contribution < -0.4 is 19.5 Å². The van der Waals surface area contributed by atoms with E-state index in [9.17, 15) is 4.79 Å². The molecule has 0 aliphatic heterocycles. The van der Waals surface area contributed by atoms with Crippen molar-refractivity contribution in [1.29, 1.82) is 0 Å². The molecule has 0 saturated heterocycles. The molecule has 0 spiro atoms. The predicted octanol–water partition coefficient (Wildman–Crippen LogP) is 4.22. The summed E-state index contributed by atoms with van der Waals surface area (Å²) in [6.07, 6.45) is -0.613. The Morgan fingerprint density at radius 1 is 1.04 bits per heavy atom. The average molecular weight is 378 g/mol. The van der Waals surface area contributed by atoms with Crippen molar-refractivity contribution in [2.24, 2.45) is 0 Å². The van der Waals surface area contributed by atoms with Gasteiger partial charge in [-0.25, -0.2) is 0 Å². The number of para-hydroxylation sites is 1. The number of ether oxygens (including phenoxy) is 3. The summed E-state index contributed by atoms with van der Waals surface area (Å²) in [6.45, 7) is 5.94. The van der Waals surface area contributed by atoms with Crippen LogP contribution in [0.2, 0.25) is 5.02 Å². The van der Waals surface area contributed by atoms with Gasteiger partial charge in [0.05, 0.1) is 18.2 Å². The monoisotopic (exact) mass is 377 g/mol. The van der Waals surface area contributed by atoms with E-state index in [2.05, 4.69) is 5.32 Å². The van der Waals surface area contributed by atoms with Crippen LogP contribution in [0.4, 0.5) is 0 Å². The summed E-state index contributed by atoms with van der Waals surface area (Å²) < 4.78 is 16.7. The third-order valence-electron chi connectivity index (χ3n) is 3.57. The molecule has 0 aliphatic rings. The van der Waals surface area contributed by atoms with Gasteiger partial charge in [-0.3, -0.25) is 4.79 Å². The van der Waals surface area contributed by atoms with Gasteiger partial charge in [-0.15, -0.1) is 0 Å². The molecule has 0 heterocycles. The molecule has 1 unspecified atom stereocenters. The topological polar surface area (TPSA) is 56.8 Å². The molecule has 0 radical (unpaired) electrons. The molecule has 2 aromatic carbocycles. The smallest absolute Gasteiger partial charge is 0.261 e. The molecular formula is C20H24ClNO4. The van der Waals surface area contributed by atoms with E-state index < -0.39 is 6.10 Å². The van der Waals surface area contributed by atoms with Crippen LogP contribution >= 0.6 is 11.6 Å². The third kappa shape index (κ3) is 5.56.